The number of para-hydroxylation sites is 1. The fraction of sp³-hybridized carbons (Fsp3) is 0.0962. The van der Waals surface area contributed by atoms with E-state index in [1.165, 1.54) is 83.5 Å². The van der Waals surface area contributed by atoms with E-state index < -0.39 is 10.8 Å². The van der Waals surface area contributed by atoms with Crippen molar-refractivity contribution in [3.8, 4) is 118 Å². The maximum atomic E-state index is 6.96. The maximum absolute atomic E-state index is 6.96. The highest BCUT2D eigenvalue weighted by Gasteiger charge is 2.54. The predicted octanol–water partition coefficient (Wildman–Crippen LogP) is 25.5. The summed E-state index contributed by atoms with van der Waals surface area (Å²) in [6.07, 6.45) is 29.6. The third kappa shape index (κ3) is 10.2. The van der Waals surface area contributed by atoms with Gasteiger partial charge in [-0.05, 0) is 194 Å². The lowest BCUT2D eigenvalue weighted by molar-refractivity contribution is 0.383. The van der Waals surface area contributed by atoms with Crippen LogP contribution in [-0.2, 0) is 17.3 Å². The van der Waals surface area contributed by atoms with Gasteiger partial charge in [-0.15, -0.1) is 0 Å². The zero-order valence-electron chi connectivity index (χ0n) is 60.5. The minimum absolute atomic E-state index is 0.129. The molecule has 8 aliphatic rings. The zero-order chi connectivity index (χ0) is 72.4. The molecule has 2 aliphatic heterocycles. The van der Waals surface area contributed by atoms with Gasteiger partial charge in [-0.2, -0.15) is 0 Å². The van der Waals surface area contributed by atoms with Crippen LogP contribution in [0.5, 0.6) is 17.2 Å². The molecule has 2 aromatic heterocycles. The lowest BCUT2D eigenvalue weighted by Gasteiger charge is -2.42. The molecule has 6 aliphatic carbocycles. The summed E-state index contributed by atoms with van der Waals surface area (Å²) in [5.74, 6) is 5.19. The SMILES string of the molecule is C1=CC(c2nc(-c3ccc(-c4cccc(-c5ccccc5-c5nc(C6=CCC(c7ccc8c(c7)Oc7ccccc7C87c8ccccc8-c8ccccc87)C=C6)cc(-c6ccc7c(c6)CCC=C7)n5)c4)cc3)cc(-c3ccc(-c4ccc5c(c4)OC4=CCCC=C4C54c5ccccc5-c5ccccc54)cc3)n2)=CCC1. The van der Waals surface area contributed by atoms with Gasteiger partial charge in [0, 0.05) is 56.0 Å². The molecule has 12 aromatic carbocycles. The Labute approximate surface area is 640 Å². The van der Waals surface area contributed by atoms with E-state index in [1.54, 1.807) is 0 Å². The highest BCUT2D eigenvalue weighted by atomic mass is 16.5. The summed E-state index contributed by atoms with van der Waals surface area (Å²) < 4.78 is 13.9. The highest BCUT2D eigenvalue weighted by molar-refractivity contribution is 5.92. The molecule has 22 rings (SSSR count). The first-order valence-electron chi connectivity index (χ1n) is 38.8. The number of nitrogens with zero attached hydrogens (tertiary/aromatic N) is 4. The lowest BCUT2D eigenvalue weighted by atomic mass is 9.64. The molecule has 14 aromatic rings. The van der Waals surface area contributed by atoms with Crippen LogP contribution in [0, 0.1) is 0 Å². The first kappa shape index (κ1) is 63.8. The van der Waals surface area contributed by atoms with Crippen molar-refractivity contribution in [3.05, 3.63) is 418 Å². The van der Waals surface area contributed by atoms with E-state index in [-0.39, 0.29) is 5.92 Å². The molecule has 1 unspecified atom stereocenters. The number of benzene rings is 12. The zero-order valence-corrected chi connectivity index (χ0v) is 60.5. The molecular formula is C104H72N4O2. The van der Waals surface area contributed by atoms with Crippen LogP contribution in [0.3, 0.4) is 0 Å². The summed E-state index contributed by atoms with van der Waals surface area (Å²) in [6, 6.07) is 104. The molecular weight excluding hydrogens is 1340 g/mol. The second-order valence-electron chi connectivity index (χ2n) is 30.2. The Morgan fingerprint density at radius 1 is 0.300 bits per heavy atom. The van der Waals surface area contributed by atoms with Crippen molar-refractivity contribution in [1.29, 1.82) is 0 Å². The Morgan fingerprint density at radius 2 is 0.827 bits per heavy atom. The van der Waals surface area contributed by atoms with E-state index in [0.29, 0.717) is 5.82 Å². The first-order chi connectivity index (χ1) is 54.5. The molecule has 0 saturated heterocycles. The first-order valence-corrected chi connectivity index (χ1v) is 38.8. The molecule has 2 spiro atoms. The van der Waals surface area contributed by atoms with Gasteiger partial charge in [0.25, 0.3) is 0 Å². The van der Waals surface area contributed by atoms with Crippen molar-refractivity contribution >= 4 is 17.2 Å². The number of aromatic nitrogens is 4. The normalized spacial score (nSPS) is 16.4. The van der Waals surface area contributed by atoms with Crippen molar-refractivity contribution in [2.24, 2.45) is 0 Å². The summed E-state index contributed by atoms with van der Waals surface area (Å²) in [5, 5.41) is 0. The maximum Gasteiger partial charge on any atom is 0.161 e. The summed E-state index contributed by atoms with van der Waals surface area (Å²) in [5.41, 5.74) is 34.3. The minimum atomic E-state index is -0.500. The predicted molar refractivity (Wildman–Crippen MR) is 445 cm³/mol. The number of fused-ring (bicyclic) bond motifs is 19. The van der Waals surface area contributed by atoms with Gasteiger partial charge in [-0.1, -0.05) is 297 Å². The third-order valence-corrected chi connectivity index (χ3v) is 24.2. The number of allylic oxidation sites excluding steroid dienone is 12. The standard InChI is InChI=1S/C104H72N4O2/c1-2-22-72(23-3-1)101-105-93(63-94(106-101)70-50-43-67(44-51-70)75-55-57-91-99(61-75)109-97-39-18-16-37-89(97)103(91)85-33-12-8-28-80(85)81-29-9-13-34-86(81)103)69-48-41-66(42-49-69)74-25-20-26-77(59-74)79-27-6-7-32-84(79)102-107-95(64-96(108-102)78-54-47-65-21-4-5-24-73(65)60-78)71-52-45-68(46-53-71)76-56-58-92-100(62-76)110-98-40-19-17-38-90(98)104(92)87-35-14-10-30-82(87)83-31-11-15-36-88(83)104/h2,4,6-15,17,19-23,25-45,47-64,68H,1,3,5,16,18,24,46H2. The van der Waals surface area contributed by atoms with E-state index in [1.807, 2.05) is 0 Å². The molecule has 6 nitrogen and oxygen atoms in total. The summed E-state index contributed by atoms with van der Waals surface area (Å²) in [7, 11) is 0. The molecule has 6 heteroatoms. The lowest BCUT2D eigenvalue weighted by Crippen LogP contribution is -2.36. The highest BCUT2D eigenvalue weighted by Crippen LogP contribution is 2.64. The molecule has 0 amide bonds. The van der Waals surface area contributed by atoms with Crippen LogP contribution >= 0.6 is 0 Å². The molecule has 520 valence electrons. The summed E-state index contributed by atoms with van der Waals surface area (Å²) >= 11 is 0. The molecule has 0 bridgehead atoms. The molecule has 0 N–H and O–H groups in total. The molecule has 1 atom stereocenters. The van der Waals surface area contributed by atoms with E-state index in [2.05, 4.69) is 346 Å². The quantitative estimate of drug-likeness (QED) is 0.136. The van der Waals surface area contributed by atoms with Gasteiger partial charge in [0.05, 0.1) is 33.6 Å². The molecule has 4 heterocycles. The van der Waals surface area contributed by atoms with Crippen LogP contribution in [0.2, 0.25) is 0 Å². The average Bonchev–Trinajstić information content (AvgIpc) is 1.53. The van der Waals surface area contributed by atoms with Gasteiger partial charge in [-0.25, -0.2) is 19.9 Å². The third-order valence-electron chi connectivity index (χ3n) is 24.2. The van der Waals surface area contributed by atoms with E-state index in [9.17, 15) is 0 Å². The molecule has 0 fully saturated rings. The van der Waals surface area contributed by atoms with Crippen LogP contribution in [0.4, 0.5) is 0 Å². The number of hydrogen-bond acceptors (Lipinski definition) is 6. The van der Waals surface area contributed by atoms with Crippen molar-refractivity contribution in [2.75, 3.05) is 0 Å². The van der Waals surface area contributed by atoms with E-state index in [4.69, 9.17) is 29.4 Å². The Kier molecular flexibility index (Phi) is 14.9. The minimum Gasteiger partial charge on any atom is -0.457 e. The number of hydrogen-bond donors (Lipinski definition) is 0. The summed E-state index contributed by atoms with van der Waals surface area (Å²) in [6.45, 7) is 0. The van der Waals surface area contributed by atoms with Crippen molar-refractivity contribution in [1.82, 2.24) is 19.9 Å². The van der Waals surface area contributed by atoms with Crippen molar-refractivity contribution in [3.63, 3.8) is 0 Å². The van der Waals surface area contributed by atoms with Gasteiger partial charge in [0.15, 0.2) is 11.6 Å². The Balaban J connectivity index is 0.563. The van der Waals surface area contributed by atoms with Crippen molar-refractivity contribution < 1.29 is 9.47 Å². The number of ether oxygens (including phenoxy) is 2. The second-order valence-corrected chi connectivity index (χ2v) is 30.2. The smallest absolute Gasteiger partial charge is 0.161 e. The molecule has 0 saturated carbocycles. The number of rotatable bonds is 10. The largest absolute Gasteiger partial charge is 0.457 e. The topological polar surface area (TPSA) is 70.0 Å². The Bertz CT molecular complexity index is 6360. The van der Waals surface area contributed by atoms with Gasteiger partial charge in [0.2, 0.25) is 0 Å². The fourth-order valence-corrected chi connectivity index (χ4v) is 19.0. The summed E-state index contributed by atoms with van der Waals surface area (Å²) in [4.78, 5) is 21.6. The van der Waals surface area contributed by atoms with Crippen LogP contribution < -0.4 is 9.47 Å². The molecule has 110 heavy (non-hydrogen) atoms. The second kappa shape index (κ2) is 25.6. The Hall–Kier alpha value is -13.4. The van der Waals surface area contributed by atoms with Gasteiger partial charge < -0.3 is 9.47 Å². The van der Waals surface area contributed by atoms with E-state index >= 15 is 0 Å². The Morgan fingerprint density at radius 3 is 1.52 bits per heavy atom. The van der Waals surface area contributed by atoms with Gasteiger partial charge >= 0.3 is 0 Å². The fourth-order valence-electron chi connectivity index (χ4n) is 19.0. The number of aryl methyl sites for hydroxylation is 1. The monoisotopic (exact) mass is 1410 g/mol. The van der Waals surface area contributed by atoms with Gasteiger partial charge in [-0.3, -0.25) is 0 Å². The van der Waals surface area contributed by atoms with E-state index in [0.717, 1.165) is 163 Å². The van der Waals surface area contributed by atoms with Gasteiger partial charge in [0.1, 0.15) is 23.0 Å². The van der Waals surface area contributed by atoms with Crippen LogP contribution in [0.25, 0.3) is 118 Å². The average molecular weight is 1410 g/mol. The van der Waals surface area contributed by atoms with Crippen molar-refractivity contribution in [2.45, 2.75) is 61.7 Å². The van der Waals surface area contributed by atoms with Crippen LogP contribution in [0.15, 0.2) is 351 Å². The van der Waals surface area contributed by atoms with Crippen LogP contribution in [-0.4, -0.2) is 19.9 Å². The molecule has 0 radical (unpaired) electrons. The van der Waals surface area contributed by atoms with Crippen LogP contribution in [0.1, 0.15) is 112 Å².